The fourth-order valence-electron chi connectivity index (χ4n) is 1.31. The third kappa shape index (κ3) is 4.87. The zero-order valence-corrected chi connectivity index (χ0v) is 11.6. The van der Waals surface area contributed by atoms with E-state index in [0.717, 1.165) is 13.0 Å². The Labute approximate surface area is 112 Å². The lowest BCUT2D eigenvalue weighted by molar-refractivity contribution is 0.0472. The lowest BCUT2D eigenvalue weighted by Crippen LogP contribution is -2.15. The first kappa shape index (κ1) is 14.7. The van der Waals surface area contributed by atoms with Crippen molar-refractivity contribution in [2.24, 2.45) is 5.92 Å². The predicted octanol–water partition coefficient (Wildman–Crippen LogP) is 2.68. The molecule has 0 fully saturated rings. The molecule has 0 aromatic carbocycles. The number of ether oxygens (including phenoxy) is 1. The first-order valence-corrected chi connectivity index (χ1v) is 6.33. The molecule has 1 aromatic heterocycles. The van der Waals surface area contributed by atoms with Crippen LogP contribution in [0.25, 0.3) is 0 Å². The monoisotopic (exact) mass is 271 g/mol. The number of carbonyl (C=O) groups excluding carboxylic acids is 1. The third-order valence-electron chi connectivity index (χ3n) is 2.22. The standard InChI is InChI=1S/C12H18ClN3O2/c1-8(2)4-5-15-11-10(6-14-7-16-11)12(17)18-9(3)13/h6-9H,4-5H2,1-3H3,(H,14,15,16). The summed E-state index contributed by atoms with van der Waals surface area (Å²) < 4.78 is 4.91. The molecule has 1 unspecified atom stereocenters. The van der Waals surface area contributed by atoms with Crippen LogP contribution in [-0.4, -0.2) is 28.0 Å². The van der Waals surface area contributed by atoms with Crippen LogP contribution in [0.3, 0.4) is 0 Å². The summed E-state index contributed by atoms with van der Waals surface area (Å²) in [5.74, 6) is 0.538. The maximum absolute atomic E-state index is 11.7. The van der Waals surface area contributed by atoms with Gasteiger partial charge in [-0.25, -0.2) is 14.8 Å². The van der Waals surface area contributed by atoms with E-state index in [1.54, 1.807) is 6.92 Å². The van der Waals surface area contributed by atoms with Gasteiger partial charge in [0.1, 0.15) is 17.7 Å². The molecule has 18 heavy (non-hydrogen) atoms. The second kappa shape index (κ2) is 7.16. The first-order valence-electron chi connectivity index (χ1n) is 5.89. The number of rotatable bonds is 6. The van der Waals surface area contributed by atoms with Crippen LogP contribution in [0.2, 0.25) is 0 Å². The number of nitrogens with zero attached hydrogens (tertiary/aromatic N) is 2. The number of nitrogens with one attached hydrogen (secondary N) is 1. The minimum absolute atomic E-state index is 0.300. The Kier molecular flexibility index (Phi) is 5.85. The van der Waals surface area contributed by atoms with Gasteiger partial charge in [0.2, 0.25) is 0 Å². The molecule has 1 heterocycles. The van der Waals surface area contributed by atoms with Crippen LogP contribution < -0.4 is 5.32 Å². The molecule has 0 aliphatic rings. The number of anilines is 1. The first-order chi connectivity index (χ1) is 8.50. The molecular weight excluding hydrogens is 254 g/mol. The average molecular weight is 272 g/mol. The van der Waals surface area contributed by atoms with Crippen LogP contribution in [0, 0.1) is 5.92 Å². The summed E-state index contributed by atoms with van der Waals surface area (Å²) in [7, 11) is 0. The molecule has 100 valence electrons. The highest BCUT2D eigenvalue weighted by Crippen LogP contribution is 2.14. The highest BCUT2D eigenvalue weighted by Gasteiger charge is 2.16. The summed E-state index contributed by atoms with van der Waals surface area (Å²) in [6, 6.07) is 0. The van der Waals surface area contributed by atoms with Crippen molar-refractivity contribution in [2.45, 2.75) is 32.8 Å². The van der Waals surface area contributed by atoms with Crippen LogP contribution in [-0.2, 0) is 4.74 Å². The fraction of sp³-hybridized carbons (Fsp3) is 0.583. The van der Waals surface area contributed by atoms with Crippen molar-refractivity contribution in [1.29, 1.82) is 0 Å². The quantitative estimate of drug-likeness (QED) is 0.637. The zero-order chi connectivity index (χ0) is 13.5. The van der Waals surface area contributed by atoms with Gasteiger partial charge in [-0.3, -0.25) is 0 Å². The second-order valence-corrected chi connectivity index (χ2v) is 4.96. The molecule has 1 N–H and O–H groups in total. The molecule has 0 spiro atoms. The van der Waals surface area contributed by atoms with Crippen LogP contribution in [0.5, 0.6) is 0 Å². The van der Waals surface area contributed by atoms with Crippen LogP contribution in [0.1, 0.15) is 37.6 Å². The fourth-order valence-corrected chi connectivity index (χ4v) is 1.39. The van der Waals surface area contributed by atoms with Gasteiger partial charge in [-0.1, -0.05) is 25.4 Å². The summed E-state index contributed by atoms with van der Waals surface area (Å²) >= 11 is 5.62. The van der Waals surface area contributed by atoms with Gasteiger partial charge in [-0.05, 0) is 19.3 Å². The largest absolute Gasteiger partial charge is 0.443 e. The number of hydrogen-bond donors (Lipinski definition) is 1. The predicted molar refractivity (Wildman–Crippen MR) is 70.7 cm³/mol. The Morgan fingerprint density at radius 3 is 2.83 bits per heavy atom. The van der Waals surface area contributed by atoms with E-state index in [1.165, 1.54) is 12.5 Å². The Hall–Kier alpha value is -1.36. The normalized spacial score (nSPS) is 12.3. The van der Waals surface area contributed by atoms with Crippen molar-refractivity contribution in [2.75, 3.05) is 11.9 Å². The SMILES string of the molecule is CC(C)CCNc1ncncc1C(=O)OC(C)Cl. The Morgan fingerprint density at radius 1 is 1.50 bits per heavy atom. The van der Waals surface area contributed by atoms with E-state index in [9.17, 15) is 4.79 Å². The minimum atomic E-state index is -0.679. The Balaban J connectivity index is 2.70. The minimum Gasteiger partial charge on any atom is -0.443 e. The van der Waals surface area contributed by atoms with Crippen molar-refractivity contribution in [3.05, 3.63) is 18.1 Å². The van der Waals surface area contributed by atoms with Gasteiger partial charge in [0.25, 0.3) is 0 Å². The van der Waals surface area contributed by atoms with Gasteiger partial charge in [0.05, 0.1) is 0 Å². The summed E-state index contributed by atoms with van der Waals surface area (Å²) in [6.07, 6.45) is 3.80. The molecule has 1 rings (SSSR count). The van der Waals surface area contributed by atoms with E-state index in [2.05, 4.69) is 29.1 Å². The second-order valence-electron chi connectivity index (χ2n) is 4.34. The smallest absolute Gasteiger partial charge is 0.344 e. The van der Waals surface area contributed by atoms with Gasteiger partial charge in [-0.15, -0.1) is 0 Å². The van der Waals surface area contributed by atoms with Crippen molar-refractivity contribution < 1.29 is 9.53 Å². The van der Waals surface area contributed by atoms with Gasteiger partial charge >= 0.3 is 5.97 Å². The van der Waals surface area contributed by atoms with E-state index in [4.69, 9.17) is 16.3 Å². The van der Waals surface area contributed by atoms with E-state index in [-0.39, 0.29) is 0 Å². The molecule has 1 aromatic rings. The lowest BCUT2D eigenvalue weighted by atomic mass is 10.1. The number of carbonyl (C=O) groups is 1. The molecule has 0 aliphatic carbocycles. The maximum atomic E-state index is 11.7. The van der Waals surface area contributed by atoms with Crippen LogP contribution >= 0.6 is 11.6 Å². The van der Waals surface area contributed by atoms with E-state index in [1.807, 2.05) is 0 Å². The zero-order valence-electron chi connectivity index (χ0n) is 10.8. The number of alkyl halides is 1. The topological polar surface area (TPSA) is 64.1 Å². The molecular formula is C12H18ClN3O2. The number of hydrogen-bond acceptors (Lipinski definition) is 5. The molecule has 5 nitrogen and oxygen atoms in total. The molecule has 0 radical (unpaired) electrons. The van der Waals surface area contributed by atoms with Crippen molar-refractivity contribution in [3.8, 4) is 0 Å². The molecule has 0 amide bonds. The average Bonchev–Trinajstić information content (AvgIpc) is 2.28. The summed E-state index contributed by atoms with van der Waals surface area (Å²) in [4.78, 5) is 19.6. The molecule has 0 saturated carbocycles. The molecule has 1 atom stereocenters. The maximum Gasteiger partial charge on any atom is 0.344 e. The van der Waals surface area contributed by atoms with Gasteiger partial charge in [-0.2, -0.15) is 0 Å². The summed E-state index contributed by atoms with van der Waals surface area (Å²) in [6.45, 7) is 6.58. The Bertz CT molecular complexity index is 397. The van der Waals surface area contributed by atoms with E-state index < -0.39 is 11.5 Å². The number of halogens is 1. The van der Waals surface area contributed by atoms with Crippen LogP contribution in [0.15, 0.2) is 12.5 Å². The molecule has 0 saturated heterocycles. The highest BCUT2D eigenvalue weighted by molar-refractivity contribution is 6.20. The lowest BCUT2D eigenvalue weighted by Gasteiger charge is -2.11. The van der Waals surface area contributed by atoms with Gasteiger partial charge < -0.3 is 10.1 Å². The molecule has 6 heteroatoms. The summed E-state index contributed by atoms with van der Waals surface area (Å²) in [5, 5.41) is 3.10. The van der Waals surface area contributed by atoms with Crippen molar-refractivity contribution in [1.82, 2.24) is 9.97 Å². The van der Waals surface area contributed by atoms with E-state index >= 15 is 0 Å². The highest BCUT2D eigenvalue weighted by atomic mass is 35.5. The third-order valence-corrected chi connectivity index (χ3v) is 2.30. The van der Waals surface area contributed by atoms with E-state index in [0.29, 0.717) is 17.3 Å². The number of aromatic nitrogens is 2. The molecule has 0 aliphatic heterocycles. The van der Waals surface area contributed by atoms with Gasteiger partial charge in [0, 0.05) is 12.7 Å². The van der Waals surface area contributed by atoms with Crippen molar-refractivity contribution in [3.63, 3.8) is 0 Å². The van der Waals surface area contributed by atoms with Crippen molar-refractivity contribution >= 4 is 23.4 Å². The van der Waals surface area contributed by atoms with Gasteiger partial charge in [0.15, 0.2) is 5.56 Å². The molecule has 0 bridgehead atoms. The van der Waals surface area contributed by atoms with Crippen LogP contribution in [0.4, 0.5) is 5.82 Å². The number of esters is 1. The summed E-state index contributed by atoms with van der Waals surface area (Å²) in [5.41, 5.74) is -0.380. The Morgan fingerprint density at radius 2 is 2.22 bits per heavy atom.